The quantitative estimate of drug-likeness (QED) is 0.636. The number of hydrogen-bond acceptors (Lipinski definition) is 2. The highest BCUT2D eigenvalue weighted by molar-refractivity contribution is 5.97. The van der Waals surface area contributed by atoms with Crippen LogP contribution in [0.5, 0.6) is 0 Å². The van der Waals surface area contributed by atoms with Crippen LogP contribution in [0.1, 0.15) is 74.1 Å². The number of rotatable bonds is 10. The van der Waals surface area contributed by atoms with Crippen molar-refractivity contribution in [1.82, 2.24) is 10.6 Å². The Hall–Kier alpha value is -1.84. The van der Waals surface area contributed by atoms with Crippen LogP contribution in [0.2, 0.25) is 0 Å². The maximum atomic E-state index is 12.0. The van der Waals surface area contributed by atoms with Gasteiger partial charge in [0.1, 0.15) is 0 Å². The van der Waals surface area contributed by atoms with Crippen molar-refractivity contribution in [3.05, 3.63) is 35.4 Å². The lowest BCUT2D eigenvalue weighted by Crippen LogP contribution is -2.26. The zero-order valence-corrected chi connectivity index (χ0v) is 15.5. The molecular formula is C20H32N2O2. The first-order valence-electron chi connectivity index (χ1n) is 9.06. The second kappa shape index (κ2) is 10.8. The Bertz CT molecular complexity index is 460. The first kappa shape index (κ1) is 20.2. The van der Waals surface area contributed by atoms with Crippen LogP contribution in [-0.2, 0) is 0 Å². The van der Waals surface area contributed by atoms with Gasteiger partial charge in [0.05, 0.1) is 0 Å². The predicted molar refractivity (Wildman–Crippen MR) is 99.3 cm³/mol. The fourth-order valence-corrected chi connectivity index (χ4v) is 2.40. The fourth-order valence-electron chi connectivity index (χ4n) is 2.40. The van der Waals surface area contributed by atoms with Crippen molar-refractivity contribution in [2.45, 2.75) is 53.4 Å². The van der Waals surface area contributed by atoms with Crippen LogP contribution in [0.15, 0.2) is 24.3 Å². The molecule has 1 rings (SSSR count). The summed E-state index contributed by atoms with van der Waals surface area (Å²) in [7, 11) is 0. The Kier molecular flexibility index (Phi) is 9.13. The predicted octanol–water partition coefficient (Wildman–Crippen LogP) is 4.02. The molecule has 0 spiro atoms. The molecule has 0 aliphatic rings. The van der Waals surface area contributed by atoms with Gasteiger partial charge in [-0.2, -0.15) is 0 Å². The number of hydrogen-bond donors (Lipinski definition) is 2. The van der Waals surface area contributed by atoms with Crippen molar-refractivity contribution in [3.63, 3.8) is 0 Å². The van der Waals surface area contributed by atoms with Crippen molar-refractivity contribution in [2.75, 3.05) is 13.1 Å². The van der Waals surface area contributed by atoms with Gasteiger partial charge in [0.15, 0.2) is 0 Å². The van der Waals surface area contributed by atoms with E-state index < -0.39 is 0 Å². The molecule has 2 amide bonds. The zero-order chi connectivity index (χ0) is 17.9. The highest BCUT2D eigenvalue weighted by atomic mass is 16.2. The van der Waals surface area contributed by atoms with Crippen LogP contribution in [0.4, 0.5) is 0 Å². The molecule has 1 aromatic rings. The Morgan fingerprint density at radius 2 is 1.08 bits per heavy atom. The number of amides is 2. The third-order valence-corrected chi connectivity index (χ3v) is 3.90. The highest BCUT2D eigenvalue weighted by Crippen LogP contribution is 2.07. The average Bonchev–Trinajstić information content (AvgIpc) is 2.55. The molecule has 4 heteroatoms. The molecular weight excluding hydrogens is 300 g/mol. The molecule has 0 saturated heterocycles. The largest absolute Gasteiger partial charge is 0.352 e. The molecule has 24 heavy (non-hydrogen) atoms. The minimum Gasteiger partial charge on any atom is -0.352 e. The molecule has 0 aliphatic carbocycles. The van der Waals surface area contributed by atoms with Gasteiger partial charge in [-0.15, -0.1) is 0 Å². The average molecular weight is 332 g/mol. The molecule has 0 aromatic heterocycles. The molecule has 0 bridgehead atoms. The monoisotopic (exact) mass is 332 g/mol. The first-order chi connectivity index (χ1) is 11.4. The van der Waals surface area contributed by atoms with Crippen molar-refractivity contribution in [2.24, 2.45) is 11.8 Å². The van der Waals surface area contributed by atoms with E-state index in [9.17, 15) is 9.59 Å². The van der Waals surface area contributed by atoms with Crippen LogP contribution < -0.4 is 10.6 Å². The van der Waals surface area contributed by atoms with Gasteiger partial charge in [-0.1, -0.05) is 27.7 Å². The third kappa shape index (κ3) is 8.14. The zero-order valence-electron chi connectivity index (χ0n) is 15.5. The van der Waals surface area contributed by atoms with Gasteiger partial charge in [-0.05, 0) is 61.8 Å². The van der Waals surface area contributed by atoms with E-state index in [0.29, 0.717) is 36.1 Å². The summed E-state index contributed by atoms with van der Waals surface area (Å²) in [6.07, 6.45) is 4.19. The second-order valence-corrected chi connectivity index (χ2v) is 7.16. The summed E-state index contributed by atoms with van der Waals surface area (Å²) in [5.74, 6) is 1.14. The lowest BCUT2D eigenvalue weighted by atomic mass is 10.1. The second-order valence-electron chi connectivity index (χ2n) is 7.16. The molecule has 0 saturated carbocycles. The van der Waals surface area contributed by atoms with Crippen LogP contribution in [0.25, 0.3) is 0 Å². The lowest BCUT2D eigenvalue weighted by molar-refractivity contribution is 0.0940. The Balaban J connectivity index is 2.38. The van der Waals surface area contributed by atoms with Crippen LogP contribution in [0, 0.1) is 11.8 Å². The number of benzene rings is 1. The van der Waals surface area contributed by atoms with Crippen molar-refractivity contribution in [3.8, 4) is 0 Å². The van der Waals surface area contributed by atoms with Crippen LogP contribution in [-0.4, -0.2) is 24.9 Å². The maximum Gasteiger partial charge on any atom is 0.251 e. The molecule has 0 heterocycles. The van der Waals surface area contributed by atoms with E-state index in [0.717, 1.165) is 25.7 Å². The summed E-state index contributed by atoms with van der Waals surface area (Å²) in [6, 6.07) is 6.84. The summed E-state index contributed by atoms with van der Waals surface area (Å²) in [6.45, 7) is 10.1. The minimum absolute atomic E-state index is 0.0809. The van der Waals surface area contributed by atoms with E-state index in [1.165, 1.54) is 0 Å². The van der Waals surface area contributed by atoms with Gasteiger partial charge in [-0.3, -0.25) is 9.59 Å². The number of carbonyl (C=O) groups excluding carboxylic acids is 2. The van der Waals surface area contributed by atoms with E-state index in [-0.39, 0.29) is 11.8 Å². The standard InChI is InChI=1S/C20H32N2O2/c1-15(2)7-5-13-21-19(23)17-9-11-18(12-10-17)20(24)22-14-6-8-16(3)4/h9-12,15-16H,5-8,13-14H2,1-4H3,(H,21,23)(H,22,24). The molecule has 1 aromatic carbocycles. The summed E-state index contributed by atoms with van der Waals surface area (Å²) in [4.78, 5) is 24.1. The fraction of sp³-hybridized carbons (Fsp3) is 0.600. The van der Waals surface area contributed by atoms with E-state index in [2.05, 4.69) is 38.3 Å². The number of carbonyl (C=O) groups is 2. The van der Waals surface area contributed by atoms with Crippen molar-refractivity contribution in [1.29, 1.82) is 0 Å². The molecule has 0 fully saturated rings. The first-order valence-corrected chi connectivity index (χ1v) is 9.06. The lowest BCUT2D eigenvalue weighted by Gasteiger charge is -2.09. The molecule has 0 radical (unpaired) electrons. The van der Waals surface area contributed by atoms with E-state index in [1.54, 1.807) is 24.3 Å². The van der Waals surface area contributed by atoms with Crippen LogP contribution in [0.3, 0.4) is 0 Å². The Labute approximate surface area is 146 Å². The minimum atomic E-state index is -0.0809. The van der Waals surface area contributed by atoms with Crippen molar-refractivity contribution < 1.29 is 9.59 Å². The number of nitrogens with one attached hydrogen (secondary N) is 2. The summed E-state index contributed by atoms with van der Waals surface area (Å²) in [5, 5.41) is 5.83. The maximum absolute atomic E-state index is 12.0. The Morgan fingerprint density at radius 3 is 1.38 bits per heavy atom. The molecule has 0 atom stereocenters. The van der Waals surface area contributed by atoms with E-state index >= 15 is 0 Å². The molecule has 0 unspecified atom stereocenters. The molecule has 134 valence electrons. The molecule has 2 N–H and O–H groups in total. The Morgan fingerprint density at radius 1 is 0.750 bits per heavy atom. The highest BCUT2D eigenvalue weighted by Gasteiger charge is 2.08. The van der Waals surface area contributed by atoms with E-state index in [4.69, 9.17) is 0 Å². The normalized spacial score (nSPS) is 10.9. The summed E-state index contributed by atoms with van der Waals surface area (Å²) >= 11 is 0. The molecule has 4 nitrogen and oxygen atoms in total. The summed E-state index contributed by atoms with van der Waals surface area (Å²) < 4.78 is 0. The van der Waals surface area contributed by atoms with Gasteiger partial charge in [0.2, 0.25) is 0 Å². The van der Waals surface area contributed by atoms with Crippen LogP contribution >= 0.6 is 0 Å². The van der Waals surface area contributed by atoms with Gasteiger partial charge in [0.25, 0.3) is 11.8 Å². The topological polar surface area (TPSA) is 58.2 Å². The summed E-state index contributed by atoms with van der Waals surface area (Å²) in [5.41, 5.74) is 1.19. The van der Waals surface area contributed by atoms with Gasteiger partial charge in [-0.25, -0.2) is 0 Å². The van der Waals surface area contributed by atoms with Gasteiger partial charge >= 0.3 is 0 Å². The molecule has 0 aliphatic heterocycles. The van der Waals surface area contributed by atoms with Gasteiger partial charge < -0.3 is 10.6 Å². The SMILES string of the molecule is CC(C)CCCNC(=O)c1ccc(C(=O)NCCCC(C)C)cc1. The van der Waals surface area contributed by atoms with E-state index in [1.807, 2.05) is 0 Å². The third-order valence-electron chi connectivity index (χ3n) is 3.90. The smallest absolute Gasteiger partial charge is 0.251 e. The van der Waals surface area contributed by atoms with Gasteiger partial charge in [0, 0.05) is 24.2 Å². The van der Waals surface area contributed by atoms with Crippen molar-refractivity contribution >= 4 is 11.8 Å².